The molecule has 2 aromatic carbocycles. The SMILES string of the molecule is Nc1ccc(OCc2nc3ccc(Cl)cc3c(=O)[nH]2)cc1. The van der Waals surface area contributed by atoms with Crippen molar-refractivity contribution in [2.24, 2.45) is 0 Å². The van der Waals surface area contributed by atoms with Gasteiger partial charge in [0.05, 0.1) is 10.9 Å². The molecule has 3 rings (SSSR count). The number of aromatic nitrogens is 2. The molecule has 0 unspecified atom stereocenters. The Bertz CT molecular complexity index is 844. The summed E-state index contributed by atoms with van der Waals surface area (Å²) in [5.41, 5.74) is 6.61. The van der Waals surface area contributed by atoms with Crippen LogP contribution in [0.2, 0.25) is 5.02 Å². The summed E-state index contributed by atoms with van der Waals surface area (Å²) in [6.07, 6.45) is 0. The van der Waals surface area contributed by atoms with E-state index in [0.29, 0.717) is 33.2 Å². The van der Waals surface area contributed by atoms with E-state index in [9.17, 15) is 4.79 Å². The second-order valence-corrected chi connectivity index (χ2v) is 4.97. The number of anilines is 1. The lowest BCUT2D eigenvalue weighted by molar-refractivity contribution is 0.296. The summed E-state index contributed by atoms with van der Waals surface area (Å²) < 4.78 is 5.56. The summed E-state index contributed by atoms with van der Waals surface area (Å²) in [5.74, 6) is 1.11. The molecular weight excluding hydrogens is 290 g/mol. The maximum atomic E-state index is 12.0. The van der Waals surface area contributed by atoms with E-state index < -0.39 is 0 Å². The van der Waals surface area contributed by atoms with Gasteiger partial charge < -0.3 is 15.5 Å². The lowest BCUT2D eigenvalue weighted by atomic mass is 10.2. The van der Waals surface area contributed by atoms with Crippen molar-refractivity contribution < 1.29 is 4.74 Å². The zero-order valence-corrected chi connectivity index (χ0v) is 11.7. The third-order valence-electron chi connectivity index (χ3n) is 2.97. The molecule has 0 bridgehead atoms. The van der Waals surface area contributed by atoms with E-state index in [-0.39, 0.29) is 12.2 Å². The number of nitrogens with two attached hydrogens (primary N) is 1. The number of nitrogens with one attached hydrogen (secondary N) is 1. The van der Waals surface area contributed by atoms with E-state index in [1.807, 2.05) is 0 Å². The van der Waals surface area contributed by atoms with Crippen LogP contribution in [0.4, 0.5) is 5.69 Å². The lowest BCUT2D eigenvalue weighted by Gasteiger charge is -2.07. The first-order valence-corrected chi connectivity index (χ1v) is 6.66. The minimum absolute atomic E-state index is 0.164. The van der Waals surface area contributed by atoms with Gasteiger partial charge in [0.15, 0.2) is 0 Å². The summed E-state index contributed by atoms with van der Waals surface area (Å²) in [6, 6.07) is 12.0. The second kappa shape index (κ2) is 5.46. The van der Waals surface area contributed by atoms with Crippen LogP contribution in [0, 0.1) is 0 Å². The van der Waals surface area contributed by atoms with Gasteiger partial charge in [-0.1, -0.05) is 11.6 Å². The molecular formula is C15H12ClN3O2. The predicted octanol–water partition coefficient (Wildman–Crippen LogP) is 2.74. The molecule has 0 saturated carbocycles. The van der Waals surface area contributed by atoms with Crippen molar-refractivity contribution in [3.05, 3.63) is 63.7 Å². The molecule has 0 atom stereocenters. The number of nitrogens with zero attached hydrogens (tertiary/aromatic N) is 1. The minimum atomic E-state index is -0.238. The van der Waals surface area contributed by atoms with Crippen molar-refractivity contribution in [3.8, 4) is 5.75 Å². The van der Waals surface area contributed by atoms with E-state index in [1.54, 1.807) is 42.5 Å². The van der Waals surface area contributed by atoms with Crippen molar-refractivity contribution in [3.63, 3.8) is 0 Å². The zero-order chi connectivity index (χ0) is 14.8. The average molecular weight is 302 g/mol. The number of hydrogen-bond acceptors (Lipinski definition) is 4. The molecule has 3 N–H and O–H groups in total. The Labute approximate surface area is 125 Å². The van der Waals surface area contributed by atoms with Gasteiger partial charge in [-0.25, -0.2) is 4.98 Å². The lowest BCUT2D eigenvalue weighted by Crippen LogP contribution is -2.13. The van der Waals surface area contributed by atoms with Crippen molar-refractivity contribution in [2.45, 2.75) is 6.61 Å². The summed E-state index contributed by atoms with van der Waals surface area (Å²) in [5, 5.41) is 0.958. The molecule has 6 heteroatoms. The maximum absolute atomic E-state index is 12.0. The molecule has 0 saturated heterocycles. The Hall–Kier alpha value is -2.53. The maximum Gasteiger partial charge on any atom is 0.258 e. The van der Waals surface area contributed by atoms with Crippen LogP contribution in [0.25, 0.3) is 10.9 Å². The molecule has 0 spiro atoms. The molecule has 0 amide bonds. The van der Waals surface area contributed by atoms with Gasteiger partial charge in [0.25, 0.3) is 5.56 Å². The van der Waals surface area contributed by atoms with Gasteiger partial charge in [-0.2, -0.15) is 0 Å². The normalized spacial score (nSPS) is 10.7. The number of rotatable bonds is 3. The van der Waals surface area contributed by atoms with Crippen LogP contribution in [-0.4, -0.2) is 9.97 Å². The Morgan fingerprint density at radius 2 is 1.95 bits per heavy atom. The van der Waals surface area contributed by atoms with Crippen LogP contribution in [-0.2, 0) is 6.61 Å². The smallest absolute Gasteiger partial charge is 0.258 e. The molecule has 0 aliphatic rings. The number of halogens is 1. The van der Waals surface area contributed by atoms with Crippen molar-refractivity contribution in [1.29, 1.82) is 0 Å². The molecule has 0 radical (unpaired) electrons. The van der Waals surface area contributed by atoms with Gasteiger partial charge in [-0.3, -0.25) is 4.79 Å². The summed E-state index contributed by atoms with van der Waals surface area (Å²) in [4.78, 5) is 19.0. The van der Waals surface area contributed by atoms with Crippen molar-refractivity contribution in [1.82, 2.24) is 9.97 Å². The third kappa shape index (κ3) is 2.98. The fourth-order valence-electron chi connectivity index (χ4n) is 1.94. The molecule has 0 fully saturated rings. The van der Waals surface area contributed by atoms with Gasteiger partial charge >= 0.3 is 0 Å². The van der Waals surface area contributed by atoms with Gasteiger partial charge in [-0.15, -0.1) is 0 Å². The molecule has 0 aliphatic carbocycles. The highest BCUT2D eigenvalue weighted by atomic mass is 35.5. The van der Waals surface area contributed by atoms with Gasteiger partial charge in [0.1, 0.15) is 18.2 Å². The van der Waals surface area contributed by atoms with E-state index in [2.05, 4.69) is 9.97 Å². The number of H-pyrrole nitrogens is 1. The van der Waals surface area contributed by atoms with Crippen LogP contribution in [0.15, 0.2) is 47.3 Å². The van der Waals surface area contributed by atoms with Crippen molar-refractivity contribution in [2.75, 3.05) is 5.73 Å². The Balaban J connectivity index is 1.86. The van der Waals surface area contributed by atoms with Crippen LogP contribution in [0.3, 0.4) is 0 Å². The van der Waals surface area contributed by atoms with Crippen LogP contribution in [0.5, 0.6) is 5.75 Å². The monoisotopic (exact) mass is 301 g/mol. The minimum Gasteiger partial charge on any atom is -0.486 e. The number of aromatic amines is 1. The predicted molar refractivity (Wildman–Crippen MR) is 82.6 cm³/mol. The van der Waals surface area contributed by atoms with Crippen LogP contribution in [0.1, 0.15) is 5.82 Å². The van der Waals surface area contributed by atoms with E-state index >= 15 is 0 Å². The van der Waals surface area contributed by atoms with E-state index in [4.69, 9.17) is 22.1 Å². The number of hydrogen-bond donors (Lipinski definition) is 2. The topological polar surface area (TPSA) is 81.0 Å². The first-order valence-electron chi connectivity index (χ1n) is 6.28. The summed E-state index contributed by atoms with van der Waals surface area (Å²) in [7, 11) is 0. The molecule has 5 nitrogen and oxygen atoms in total. The highest BCUT2D eigenvalue weighted by molar-refractivity contribution is 6.31. The Kier molecular flexibility index (Phi) is 3.50. The van der Waals surface area contributed by atoms with Crippen molar-refractivity contribution >= 4 is 28.2 Å². The largest absolute Gasteiger partial charge is 0.486 e. The second-order valence-electron chi connectivity index (χ2n) is 4.53. The summed E-state index contributed by atoms with van der Waals surface area (Å²) >= 11 is 5.87. The van der Waals surface area contributed by atoms with E-state index in [0.717, 1.165) is 0 Å². The molecule has 3 aromatic rings. The Morgan fingerprint density at radius 3 is 2.71 bits per heavy atom. The molecule has 1 aromatic heterocycles. The quantitative estimate of drug-likeness (QED) is 0.729. The third-order valence-corrected chi connectivity index (χ3v) is 3.21. The highest BCUT2D eigenvalue weighted by Crippen LogP contribution is 2.16. The van der Waals surface area contributed by atoms with Gasteiger partial charge in [0.2, 0.25) is 0 Å². The fourth-order valence-corrected chi connectivity index (χ4v) is 2.12. The van der Waals surface area contributed by atoms with Gasteiger partial charge in [-0.05, 0) is 42.5 Å². The number of nitrogen functional groups attached to an aromatic ring is 1. The van der Waals surface area contributed by atoms with Crippen LogP contribution < -0.4 is 16.0 Å². The van der Waals surface area contributed by atoms with E-state index in [1.165, 1.54) is 0 Å². The first kappa shape index (κ1) is 13.5. The molecule has 106 valence electrons. The summed E-state index contributed by atoms with van der Waals surface area (Å²) in [6.45, 7) is 0.164. The highest BCUT2D eigenvalue weighted by Gasteiger charge is 2.05. The molecule has 1 heterocycles. The molecule has 0 aliphatic heterocycles. The number of benzene rings is 2. The molecule has 21 heavy (non-hydrogen) atoms. The zero-order valence-electron chi connectivity index (χ0n) is 11.0. The average Bonchev–Trinajstić information content (AvgIpc) is 2.47. The van der Waals surface area contributed by atoms with Gasteiger partial charge in [0, 0.05) is 10.7 Å². The fraction of sp³-hybridized carbons (Fsp3) is 0.0667. The Morgan fingerprint density at radius 1 is 1.19 bits per heavy atom. The first-order chi connectivity index (χ1) is 10.1. The number of ether oxygens (including phenoxy) is 1. The van der Waals surface area contributed by atoms with Crippen LogP contribution >= 0.6 is 11.6 Å². The standard InChI is InChI=1S/C15H12ClN3O2/c16-9-1-6-13-12(7-9)15(20)19-14(18-13)8-21-11-4-2-10(17)3-5-11/h1-7H,8,17H2,(H,18,19,20). The number of fused-ring (bicyclic) bond motifs is 1.